The molecular weight excluding hydrogens is 536 g/mol. The minimum atomic E-state index is -0.996. The van der Waals surface area contributed by atoms with Gasteiger partial charge in [0.2, 0.25) is 0 Å². The number of hydrogen-bond donors (Lipinski definition) is 1. The molecule has 0 saturated heterocycles. The van der Waals surface area contributed by atoms with Gasteiger partial charge in [-0.25, -0.2) is 4.79 Å². The molecule has 1 heterocycles. The molecule has 0 spiro atoms. The van der Waals surface area contributed by atoms with E-state index in [9.17, 15) is 14.7 Å². The Hall–Kier alpha value is -4.21. The third kappa shape index (κ3) is 6.10. The molecule has 1 N–H and O–H groups in total. The number of rotatable bonds is 7. The van der Waals surface area contributed by atoms with Crippen LogP contribution in [0.4, 0.5) is 0 Å². The maximum absolute atomic E-state index is 12.5. The smallest absolute Gasteiger partial charge is 0.336 e. The van der Waals surface area contributed by atoms with Gasteiger partial charge >= 0.3 is 5.97 Å². The fourth-order valence-electron chi connectivity index (χ4n) is 3.86. The Morgan fingerprint density at radius 3 is 1.90 bits per heavy atom. The molecular formula is C30H26O7S2. The summed E-state index contributed by atoms with van der Waals surface area (Å²) >= 11 is 2.95. The topological polar surface area (TPSA) is 91.3 Å². The summed E-state index contributed by atoms with van der Waals surface area (Å²) in [5, 5.41) is 10.7. The number of aromatic carboxylic acids is 1. The predicted octanol–water partition coefficient (Wildman–Crippen LogP) is 6.99. The van der Waals surface area contributed by atoms with Crippen molar-refractivity contribution in [2.45, 2.75) is 9.79 Å². The van der Waals surface area contributed by atoms with Crippen LogP contribution in [0.3, 0.4) is 0 Å². The van der Waals surface area contributed by atoms with Crippen LogP contribution in [0.1, 0.15) is 10.4 Å². The largest absolute Gasteiger partial charge is 0.493 e. The highest BCUT2D eigenvalue weighted by molar-refractivity contribution is 7.99. The lowest BCUT2D eigenvalue weighted by Crippen LogP contribution is -2.01. The highest BCUT2D eigenvalue weighted by Crippen LogP contribution is 2.38. The van der Waals surface area contributed by atoms with Gasteiger partial charge in [-0.2, -0.15) is 0 Å². The molecule has 0 unspecified atom stereocenters. The summed E-state index contributed by atoms with van der Waals surface area (Å²) in [5.74, 6) is 1.14. The van der Waals surface area contributed by atoms with Gasteiger partial charge in [-0.1, -0.05) is 42.1 Å². The Morgan fingerprint density at radius 2 is 1.26 bits per heavy atom. The van der Waals surface area contributed by atoms with Crippen molar-refractivity contribution in [1.29, 1.82) is 0 Å². The van der Waals surface area contributed by atoms with Gasteiger partial charge in [0.15, 0.2) is 28.4 Å². The molecule has 0 bridgehead atoms. The average molecular weight is 563 g/mol. The summed E-state index contributed by atoms with van der Waals surface area (Å²) < 4.78 is 22.8. The highest BCUT2D eigenvalue weighted by atomic mass is 32.2. The minimum Gasteiger partial charge on any atom is -0.493 e. The van der Waals surface area contributed by atoms with Crippen LogP contribution < -0.4 is 24.4 Å². The zero-order valence-electron chi connectivity index (χ0n) is 21.7. The van der Waals surface area contributed by atoms with Gasteiger partial charge in [0.25, 0.3) is 0 Å². The Morgan fingerprint density at radius 1 is 0.692 bits per heavy atom. The van der Waals surface area contributed by atoms with Gasteiger partial charge in [0.1, 0.15) is 0 Å². The first-order chi connectivity index (χ1) is 18.9. The summed E-state index contributed by atoms with van der Waals surface area (Å²) in [6.45, 7) is 0. The van der Waals surface area contributed by atoms with Crippen molar-refractivity contribution in [3.63, 3.8) is 0 Å². The minimum absolute atomic E-state index is 0.0327. The average Bonchev–Trinajstić information content (AvgIpc) is 2.97. The van der Waals surface area contributed by atoms with E-state index in [2.05, 4.69) is 0 Å². The second-order valence-corrected chi connectivity index (χ2v) is 10.3. The molecule has 0 fully saturated rings. The quantitative estimate of drug-likeness (QED) is 0.212. The van der Waals surface area contributed by atoms with E-state index in [1.807, 2.05) is 60.7 Å². The van der Waals surface area contributed by atoms with Crippen LogP contribution in [0.25, 0.3) is 20.2 Å². The first-order valence-corrected chi connectivity index (χ1v) is 13.3. The highest BCUT2D eigenvalue weighted by Gasteiger charge is 2.17. The number of fused-ring (bicyclic) bond motifs is 2. The third-order valence-electron chi connectivity index (χ3n) is 5.77. The molecule has 200 valence electrons. The van der Waals surface area contributed by atoms with E-state index >= 15 is 0 Å². The summed E-state index contributed by atoms with van der Waals surface area (Å²) in [6.07, 6.45) is 0. The number of benzene rings is 4. The second-order valence-electron chi connectivity index (χ2n) is 8.05. The molecule has 7 nitrogen and oxygen atoms in total. The fraction of sp³-hybridized carbons (Fsp3) is 0.133. The van der Waals surface area contributed by atoms with E-state index in [1.165, 1.54) is 32.0 Å². The van der Waals surface area contributed by atoms with Gasteiger partial charge in [0.05, 0.1) is 34.0 Å². The summed E-state index contributed by atoms with van der Waals surface area (Å²) in [5.41, 5.74) is 0.224. The third-order valence-corrected chi connectivity index (χ3v) is 7.97. The second kappa shape index (κ2) is 12.6. The lowest BCUT2D eigenvalue weighted by atomic mass is 10.1. The number of ether oxygens (including phenoxy) is 4. The Balaban J connectivity index is 0.000000181. The van der Waals surface area contributed by atoms with E-state index in [1.54, 1.807) is 37.7 Å². The number of hydrogen-bond acceptors (Lipinski definition) is 8. The first kappa shape index (κ1) is 27.8. The lowest BCUT2D eigenvalue weighted by Gasteiger charge is -2.12. The Labute approximate surface area is 233 Å². The molecule has 5 rings (SSSR count). The van der Waals surface area contributed by atoms with Crippen molar-refractivity contribution >= 4 is 49.2 Å². The summed E-state index contributed by atoms with van der Waals surface area (Å²) in [4.78, 5) is 25.4. The van der Waals surface area contributed by atoms with E-state index in [4.69, 9.17) is 18.9 Å². The normalized spacial score (nSPS) is 10.5. The number of carboxylic acids is 1. The SMILES string of the molecule is COc1cc(Sc2ccccc2)c(C(=O)O)cc1OC.COc1cc2sc3ccccc3c(=O)c2cc1OC. The van der Waals surface area contributed by atoms with Crippen LogP contribution in [0, 0.1) is 0 Å². The molecule has 0 atom stereocenters. The zero-order chi connectivity index (χ0) is 27.9. The Kier molecular flexibility index (Phi) is 8.96. The molecule has 9 heteroatoms. The molecule has 4 aromatic carbocycles. The lowest BCUT2D eigenvalue weighted by molar-refractivity contribution is 0.0692. The fourth-order valence-corrected chi connectivity index (χ4v) is 5.91. The van der Waals surface area contributed by atoms with E-state index in [-0.39, 0.29) is 11.0 Å². The molecule has 0 amide bonds. The van der Waals surface area contributed by atoms with E-state index in [0.29, 0.717) is 33.3 Å². The summed E-state index contributed by atoms with van der Waals surface area (Å²) in [6, 6.07) is 24.0. The van der Waals surface area contributed by atoms with Crippen molar-refractivity contribution in [3.05, 3.63) is 94.6 Å². The first-order valence-electron chi connectivity index (χ1n) is 11.7. The molecule has 0 aliphatic carbocycles. The van der Waals surface area contributed by atoms with Crippen LogP contribution in [-0.2, 0) is 0 Å². The van der Waals surface area contributed by atoms with Crippen LogP contribution >= 0.6 is 23.1 Å². The molecule has 1 aromatic heterocycles. The number of carbonyl (C=O) groups is 1. The standard InChI is InChI=1S/C15H14O4S.C15H12O3S/c1-18-12-8-11(15(16)17)14(9-13(12)19-2)20-10-6-4-3-5-7-10;1-17-11-7-10-14(8-12(11)18-2)19-13-6-4-3-5-9(13)15(10)16/h3-9H,1-2H3,(H,16,17);3-8H,1-2H3. The van der Waals surface area contributed by atoms with Crippen LogP contribution in [0.15, 0.2) is 93.4 Å². The molecule has 5 aromatic rings. The maximum Gasteiger partial charge on any atom is 0.336 e. The monoisotopic (exact) mass is 562 g/mol. The van der Waals surface area contributed by atoms with Crippen molar-refractivity contribution < 1.29 is 28.8 Å². The number of carboxylic acid groups (broad SMARTS) is 1. The molecule has 39 heavy (non-hydrogen) atoms. The van der Waals surface area contributed by atoms with Gasteiger partial charge in [-0.05, 0) is 42.5 Å². The zero-order valence-corrected chi connectivity index (χ0v) is 23.4. The number of methoxy groups -OCH3 is 4. The van der Waals surface area contributed by atoms with Crippen molar-refractivity contribution in [3.8, 4) is 23.0 Å². The van der Waals surface area contributed by atoms with Crippen molar-refractivity contribution in [2.75, 3.05) is 28.4 Å². The van der Waals surface area contributed by atoms with Crippen molar-refractivity contribution in [1.82, 2.24) is 0 Å². The van der Waals surface area contributed by atoms with Crippen LogP contribution in [0.2, 0.25) is 0 Å². The maximum atomic E-state index is 12.5. The van der Waals surface area contributed by atoms with Gasteiger partial charge in [-0.15, -0.1) is 11.3 Å². The van der Waals surface area contributed by atoms with Crippen LogP contribution in [0.5, 0.6) is 23.0 Å². The summed E-state index contributed by atoms with van der Waals surface area (Å²) in [7, 11) is 6.16. The Bertz CT molecular complexity index is 1680. The molecule has 0 saturated carbocycles. The van der Waals surface area contributed by atoms with E-state index < -0.39 is 5.97 Å². The molecule has 0 radical (unpaired) electrons. The van der Waals surface area contributed by atoms with Crippen LogP contribution in [-0.4, -0.2) is 39.5 Å². The van der Waals surface area contributed by atoms with Gasteiger partial charge < -0.3 is 24.1 Å². The van der Waals surface area contributed by atoms with Gasteiger partial charge in [0, 0.05) is 36.0 Å². The predicted molar refractivity (Wildman–Crippen MR) is 156 cm³/mol. The van der Waals surface area contributed by atoms with E-state index in [0.717, 1.165) is 19.7 Å². The molecule has 0 aliphatic heterocycles. The molecule has 0 aliphatic rings. The van der Waals surface area contributed by atoms with Crippen molar-refractivity contribution in [2.24, 2.45) is 0 Å². The van der Waals surface area contributed by atoms with Gasteiger partial charge in [-0.3, -0.25) is 4.79 Å².